The van der Waals surface area contributed by atoms with E-state index in [-0.39, 0.29) is 16.2 Å². The lowest BCUT2D eigenvalue weighted by atomic mass is 9.87. The Hall–Kier alpha value is -4.07. The molecule has 0 saturated carbocycles. The van der Waals surface area contributed by atoms with Crippen LogP contribution in [0.4, 0.5) is 5.69 Å². The van der Waals surface area contributed by atoms with E-state index in [4.69, 9.17) is 11.6 Å². The summed E-state index contributed by atoms with van der Waals surface area (Å²) in [6.45, 7) is 6.70. The normalized spacial score (nSPS) is 11.9. The first-order valence-corrected chi connectivity index (χ1v) is 15.2. The maximum Gasteiger partial charge on any atom is 0.268 e. The van der Waals surface area contributed by atoms with E-state index in [9.17, 15) is 13.2 Å². The van der Waals surface area contributed by atoms with E-state index >= 15 is 0 Å². The minimum atomic E-state index is -3.82. The Bertz CT molecular complexity index is 1790. The minimum absolute atomic E-state index is 0.0806. The molecule has 0 atom stereocenters. The Kier molecular flexibility index (Phi) is 7.93. The molecule has 3 N–H and O–H groups in total. The Morgan fingerprint density at radius 1 is 0.878 bits per heavy atom. The molecule has 0 fully saturated rings. The van der Waals surface area contributed by atoms with Gasteiger partial charge in [0.2, 0.25) is 0 Å². The highest BCUT2D eigenvalue weighted by atomic mass is 35.5. The third-order valence-electron chi connectivity index (χ3n) is 6.98. The first kappa shape index (κ1) is 28.5. The predicted octanol–water partition coefficient (Wildman–Crippen LogP) is 7.56. The third-order valence-corrected chi connectivity index (χ3v) is 8.63. The number of aromatic nitrogens is 1. The summed E-state index contributed by atoms with van der Waals surface area (Å²) in [4.78, 5) is 16.8. The Labute approximate surface area is 245 Å². The van der Waals surface area contributed by atoms with E-state index in [0.29, 0.717) is 34.9 Å². The van der Waals surface area contributed by atoms with Gasteiger partial charge in [0.25, 0.3) is 15.9 Å². The van der Waals surface area contributed by atoms with E-state index in [0.717, 1.165) is 27.6 Å². The molecule has 0 unspecified atom stereocenters. The molecule has 0 aliphatic carbocycles. The van der Waals surface area contributed by atoms with E-state index in [2.05, 4.69) is 35.8 Å². The fourth-order valence-corrected chi connectivity index (χ4v) is 5.91. The minimum Gasteiger partial charge on any atom is -0.350 e. The highest BCUT2D eigenvalue weighted by Crippen LogP contribution is 2.35. The second-order valence-corrected chi connectivity index (χ2v) is 13.1. The van der Waals surface area contributed by atoms with Gasteiger partial charge in [0.05, 0.1) is 4.90 Å². The van der Waals surface area contributed by atoms with E-state index < -0.39 is 10.0 Å². The lowest BCUT2D eigenvalue weighted by Crippen LogP contribution is -2.26. The molecule has 41 heavy (non-hydrogen) atoms. The van der Waals surface area contributed by atoms with Crippen molar-refractivity contribution in [1.29, 1.82) is 0 Å². The monoisotopic (exact) mass is 585 g/mol. The number of carbonyl (C=O) groups is 1. The van der Waals surface area contributed by atoms with Gasteiger partial charge in [0.1, 0.15) is 5.69 Å². The molecule has 1 amide bonds. The van der Waals surface area contributed by atoms with Crippen LogP contribution in [0.1, 0.15) is 42.4 Å². The first-order valence-electron chi connectivity index (χ1n) is 13.4. The number of carbonyl (C=O) groups excluding carboxylic acids is 1. The van der Waals surface area contributed by atoms with Crippen molar-refractivity contribution in [3.63, 3.8) is 0 Å². The van der Waals surface area contributed by atoms with Gasteiger partial charge in [-0.15, -0.1) is 0 Å². The number of nitrogens with one attached hydrogen (secondary N) is 3. The van der Waals surface area contributed by atoms with Gasteiger partial charge in [-0.3, -0.25) is 9.52 Å². The number of fused-ring (bicyclic) bond motifs is 1. The molecule has 0 aliphatic rings. The zero-order valence-electron chi connectivity index (χ0n) is 23.2. The fourth-order valence-electron chi connectivity index (χ4n) is 4.74. The first-order chi connectivity index (χ1) is 19.5. The van der Waals surface area contributed by atoms with Crippen LogP contribution in [-0.4, -0.2) is 25.9 Å². The predicted molar refractivity (Wildman–Crippen MR) is 167 cm³/mol. The number of halogens is 1. The highest BCUT2D eigenvalue weighted by Gasteiger charge is 2.21. The van der Waals surface area contributed by atoms with Gasteiger partial charge in [-0.05, 0) is 71.0 Å². The van der Waals surface area contributed by atoms with Gasteiger partial charge < -0.3 is 10.3 Å². The van der Waals surface area contributed by atoms with Crippen LogP contribution >= 0.6 is 11.6 Å². The Morgan fingerprint density at radius 2 is 1.56 bits per heavy atom. The smallest absolute Gasteiger partial charge is 0.268 e. The van der Waals surface area contributed by atoms with Gasteiger partial charge in [0, 0.05) is 33.7 Å². The lowest BCUT2D eigenvalue weighted by Gasteiger charge is -2.19. The van der Waals surface area contributed by atoms with Crippen LogP contribution in [0.5, 0.6) is 0 Å². The summed E-state index contributed by atoms with van der Waals surface area (Å²) >= 11 is 5.98. The van der Waals surface area contributed by atoms with Crippen molar-refractivity contribution in [3.05, 3.63) is 119 Å². The molecule has 0 radical (unpaired) electrons. The largest absolute Gasteiger partial charge is 0.350 e. The summed E-state index contributed by atoms with van der Waals surface area (Å²) in [7, 11) is -3.82. The zero-order chi connectivity index (χ0) is 29.2. The van der Waals surface area contributed by atoms with Crippen molar-refractivity contribution >= 4 is 44.1 Å². The number of hydrogen-bond acceptors (Lipinski definition) is 3. The molecule has 4 aromatic carbocycles. The van der Waals surface area contributed by atoms with Crippen LogP contribution in [0.2, 0.25) is 5.02 Å². The van der Waals surface area contributed by atoms with Gasteiger partial charge in [-0.25, -0.2) is 8.42 Å². The molecule has 5 aromatic rings. The van der Waals surface area contributed by atoms with Gasteiger partial charge in [-0.1, -0.05) is 87.0 Å². The second kappa shape index (κ2) is 11.4. The van der Waals surface area contributed by atoms with Crippen LogP contribution in [0.25, 0.3) is 22.0 Å². The van der Waals surface area contributed by atoms with Gasteiger partial charge in [-0.2, -0.15) is 0 Å². The molecule has 0 saturated heterocycles. The molecule has 6 nitrogen and oxygen atoms in total. The van der Waals surface area contributed by atoms with Crippen molar-refractivity contribution in [2.24, 2.45) is 0 Å². The molecule has 210 valence electrons. The number of rotatable bonds is 8. The summed E-state index contributed by atoms with van der Waals surface area (Å²) in [5.74, 6) is -0.241. The molecule has 8 heteroatoms. The average molecular weight is 586 g/mol. The summed E-state index contributed by atoms with van der Waals surface area (Å²) in [5, 5.41) is 4.42. The van der Waals surface area contributed by atoms with Crippen molar-refractivity contribution in [2.75, 3.05) is 11.3 Å². The van der Waals surface area contributed by atoms with Crippen molar-refractivity contribution < 1.29 is 13.2 Å². The highest BCUT2D eigenvalue weighted by molar-refractivity contribution is 7.92. The van der Waals surface area contributed by atoms with Crippen molar-refractivity contribution in [2.45, 2.75) is 37.5 Å². The molecule has 5 rings (SSSR count). The maximum atomic E-state index is 13.4. The number of sulfonamides is 1. The lowest BCUT2D eigenvalue weighted by molar-refractivity contribution is 0.0950. The topological polar surface area (TPSA) is 91.1 Å². The SMILES string of the molecule is CC(C)(C)c1ccc(S(=O)(=O)Nc2ccc3[nH]c(C(=O)NCCc4ccc(Cl)cc4)c(-c4ccccc4)c3c2)cc1. The third kappa shape index (κ3) is 6.47. The van der Waals surface area contributed by atoms with Crippen molar-refractivity contribution in [1.82, 2.24) is 10.3 Å². The molecular formula is C33H32ClN3O3S. The Morgan fingerprint density at radius 3 is 2.22 bits per heavy atom. The van der Waals surface area contributed by atoms with Crippen LogP contribution < -0.4 is 10.0 Å². The van der Waals surface area contributed by atoms with Crippen LogP contribution in [0.3, 0.4) is 0 Å². The van der Waals surface area contributed by atoms with Crippen molar-refractivity contribution in [3.8, 4) is 11.1 Å². The number of amides is 1. The second-order valence-electron chi connectivity index (χ2n) is 11.0. The zero-order valence-corrected chi connectivity index (χ0v) is 24.7. The fraction of sp³-hybridized carbons (Fsp3) is 0.182. The maximum absolute atomic E-state index is 13.4. The van der Waals surface area contributed by atoms with E-state index in [1.165, 1.54) is 0 Å². The quantitative estimate of drug-likeness (QED) is 0.175. The van der Waals surface area contributed by atoms with Crippen LogP contribution in [0, 0.1) is 0 Å². The average Bonchev–Trinajstić information content (AvgIpc) is 3.33. The summed E-state index contributed by atoms with van der Waals surface area (Å²) in [6.07, 6.45) is 0.659. The number of H-pyrrole nitrogens is 1. The summed E-state index contributed by atoms with van der Waals surface area (Å²) < 4.78 is 29.2. The van der Waals surface area contributed by atoms with E-state index in [1.54, 1.807) is 30.3 Å². The number of benzene rings is 4. The molecule has 0 spiro atoms. The Balaban J connectivity index is 1.44. The molecular weight excluding hydrogens is 554 g/mol. The van der Waals surface area contributed by atoms with Gasteiger partial charge in [0.15, 0.2) is 0 Å². The molecule has 0 bridgehead atoms. The van der Waals surface area contributed by atoms with Gasteiger partial charge >= 0.3 is 0 Å². The summed E-state index contributed by atoms with van der Waals surface area (Å²) in [6, 6.07) is 29.3. The van der Waals surface area contributed by atoms with E-state index in [1.807, 2.05) is 66.7 Å². The summed E-state index contributed by atoms with van der Waals surface area (Å²) in [5.41, 5.74) is 5.14. The number of hydrogen-bond donors (Lipinski definition) is 3. The molecule has 1 aromatic heterocycles. The standard InChI is InChI=1S/C33H32ClN3O3S/c1-33(2,3)24-11-16-27(17-12-24)41(39,40)37-26-15-18-29-28(21-26)30(23-7-5-4-6-8-23)31(36-29)32(38)35-20-19-22-9-13-25(34)14-10-22/h4-18,21,36-37H,19-20H2,1-3H3,(H,35,38). The van der Waals surface area contributed by atoms with Crippen LogP contribution in [0.15, 0.2) is 102 Å². The molecule has 1 heterocycles. The number of anilines is 1. The van der Waals surface area contributed by atoms with Crippen LogP contribution in [-0.2, 0) is 21.9 Å². The number of aromatic amines is 1. The molecule has 0 aliphatic heterocycles.